The molecule has 5 aromatic rings. The van der Waals surface area contributed by atoms with Crippen LogP contribution in [0.15, 0.2) is 107 Å². The molecule has 0 atom stereocenters. The van der Waals surface area contributed by atoms with Crippen LogP contribution in [0, 0.1) is 0 Å². The van der Waals surface area contributed by atoms with Crippen LogP contribution in [0.3, 0.4) is 0 Å². The molecule has 36 heavy (non-hydrogen) atoms. The minimum Gasteiger partial charge on any atom is -0.489 e. The maximum Gasteiger partial charge on any atom is 0.337 e. The Bertz CT molecular complexity index is 1570. The molecule has 1 aromatic heterocycles. The Morgan fingerprint density at radius 2 is 1.56 bits per heavy atom. The highest BCUT2D eigenvalue weighted by Crippen LogP contribution is 2.31. The first-order valence-electron chi connectivity index (χ1n) is 11.4. The topological polar surface area (TPSA) is 77.8 Å². The first-order chi connectivity index (χ1) is 17.6. The summed E-state index contributed by atoms with van der Waals surface area (Å²) in [6.45, 7) is 0.0404. The maximum atomic E-state index is 13.2. The first-order valence-corrected chi connectivity index (χ1v) is 11.4. The van der Waals surface area contributed by atoms with Crippen molar-refractivity contribution in [1.82, 2.24) is 0 Å². The van der Waals surface area contributed by atoms with Crippen molar-refractivity contribution in [2.75, 3.05) is 19.0 Å². The summed E-state index contributed by atoms with van der Waals surface area (Å²) in [5.74, 6) is -0.0837. The number of fused-ring (bicyclic) bond motifs is 3. The number of para-hydroxylation sites is 2. The molecular formula is C30H23NO5. The molecule has 0 bridgehead atoms. The van der Waals surface area contributed by atoms with Crippen LogP contribution in [0.25, 0.3) is 28.0 Å². The van der Waals surface area contributed by atoms with Crippen molar-refractivity contribution in [3.05, 3.63) is 114 Å². The number of anilines is 1. The van der Waals surface area contributed by atoms with Crippen LogP contribution in [-0.2, 0) is 9.53 Å². The standard InChI is InChI=1S/C30H23NO5/c1-34-30(33)21-13-11-20(12-14-21)17-22(29(32)31-23-7-3-2-4-8-23)19-35-24-15-16-28-26(18-24)25-9-5-6-10-27(25)36-28/h2-18H,19H2,1H3,(H,31,32). The molecule has 0 aliphatic heterocycles. The lowest BCUT2D eigenvalue weighted by Crippen LogP contribution is -2.19. The highest BCUT2D eigenvalue weighted by molar-refractivity contribution is 6.07. The zero-order valence-electron chi connectivity index (χ0n) is 19.6. The van der Waals surface area contributed by atoms with Gasteiger partial charge in [-0.1, -0.05) is 48.5 Å². The molecule has 6 heteroatoms. The van der Waals surface area contributed by atoms with Gasteiger partial charge >= 0.3 is 5.97 Å². The van der Waals surface area contributed by atoms with E-state index in [1.807, 2.05) is 72.8 Å². The number of methoxy groups -OCH3 is 1. The summed E-state index contributed by atoms with van der Waals surface area (Å²) in [7, 11) is 1.34. The fourth-order valence-electron chi connectivity index (χ4n) is 3.90. The van der Waals surface area contributed by atoms with Crippen LogP contribution in [0.1, 0.15) is 15.9 Å². The lowest BCUT2D eigenvalue weighted by molar-refractivity contribution is -0.113. The summed E-state index contributed by atoms with van der Waals surface area (Å²) in [5.41, 5.74) is 3.86. The molecule has 4 aromatic carbocycles. The minimum absolute atomic E-state index is 0.0404. The van der Waals surface area contributed by atoms with Gasteiger partial charge in [0.25, 0.3) is 5.91 Å². The van der Waals surface area contributed by atoms with Crippen molar-refractivity contribution < 1.29 is 23.5 Å². The second-order valence-electron chi connectivity index (χ2n) is 8.15. The molecule has 0 aliphatic carbocycles. The van der Waals surface area contributed by atoms with Crippen molar-refractivity contribution in [2.45, 2.75) is 0 Å². The molecule has 0 fully saturated rings. The molecule has 1 N–H and O–H groups in total. The summed E-state index contributed by atoms with van der Waals surface area (Å²) in [6.07, 6.45) is 1.74. The highest BCUT2D eigenvalue weighted by Gasteiger charge is 2.13. The van der Waals surface area contributed by atoms with E-state index in [1.165, 1.54) is 7.11 Å². The fourth-order valence-corrected chi connectivity index (χ4v) is 3.90. The maximum absolute atomic E-state index is 13.2. The number of ether oxygens (including phenoxy) is 2. The lowest BCUT2D eigenvalue weighted by atomic mass is 10.1. The van der Waals surface area contributed by atoms with Gasteiger partial charge in [-0.05, 0) is 60.2 Å². The number of rotatable bonds is 7. The van der Waals surface area contributed by atoms with E-state index < -0.39 is 5.97 Å². The van der Waals surface area contributed by atoms with Gasteiger partial charge in [-0.25, -0.2) is 4.79 Å². The Labute approximate surface area is 207 Å². The molecule has 0 aliphatic rings. The van der Waals surface area contributed by atoms with Gasteiger partial charge in [0.2, 0.25) is 0 Å². The highest BCUT2D eigenvalue weighted by atomic mass is 16.5. The van der Waals surface area contributed by atoms with Crippen LogP contribution in [0.5, 0.6) is 5.75 Å². The second kappa shape index (κ2) is 10.2. The van der Waals surface area contributed by atoms with Crippen LogP contribution >= 0.6 is 0 Å². The van der Waals surface area contributed by atoms with Gasteiger partial charge in [-0.3, -0.25) is 4.79 Å². The van der Waals surface area contributed by atoms with Gasteiger partial charge in [-0.2, -0.15) is 0 Å². The van der Waals surface area contributed by atoms with E-state index in [9.17, 15) is 9.59 Å². The zero-order valence-corrected chi connectivity index (χ0v) is 19.6. The van der Waals surface area contributed by atoms with Crippen LogP contribution in [0.4, 0.5) is 5.69 Å². The smallest absolute Gasteiger partial charge is 0.337 e. The van der Waals surface area contributed by atoms with Crippen molar-refractivity contribution in [2.24, 2.45) is 0 Å². The summed E-state index contributed by atoms with van der Waals surface area (Å²) >= 11 is 0. The minimum atomic E-state index is -0.418. The third-order valence-electron chi connectivity index (χ3n) is 5.74. The molecule has 1 amide bonds. The molecule has 0 radical (unpaired) electrons. The van der Waals surface area contributed by atoms with Crippen LogP contribution in [0.2, 0.25) is 0 Å². The Kier molecular flexibility index (Phi) is 6.49. The monoisotopic (exact) mass is 477 g/mol. The van der Waals surface area contributed by atoms with E-state index in [0.29, 0.717) is 22.6 Å². The summed E-state index contributed by atoms with van der Waals surface area (Å²) in [5, 5.41) is 4.86. The Morgan fingerprint density at radius 3 is 2.33 bits per heavy atom. The quantitative estimate of drug-likeness (QED) is 0.215. The third kappa shape index (κ3) is 4.98. The molecule has 6 nitrogen and oxygen atoms in total. The SMILES string of the molecule is COC(=O)c1ccc(C=C(COc2ccc3oc4ccccc4c3c2)C(=O)Nc2ccccc2)cc1. The Hall–Kier alpha value is -4.84. The number of benzene rings is 4. The molecule has 0 spiro atoms. The van der Waals surface area contributed by atoms with Crippen molar-refractivity contribution in [3.8, 4) is 5.75 Å². The number of nitrogens with one attached hydrogen (secondary N) is 1. The summed E-state index contributed by atoms with van der Waals surface area (Å²) in [6, 6.07) is 29.5. The number of amides is 1. The normalized spacial score (nSPS) is 11.4. The summed E-state index contributed by atoms with van der Waals surface area (Å²) in [4.78, 5) is 24.9. The van der Waals surface area contributed by atoms with Crippen molar-refractivity contribution in [3.63, 3.8) is 0 Å². The molecule has 5 rings (SSSR count). The first kappa shape index (κ1) is 22.9. The van der Waals surface area contributed by atoms with E-state index in [2.05, 4.69) is 5.32 Å². The molecule has 0 unspecified atom stereocenters. The molecule has 0 saturated carbocycles. The Morgan fingerprint density at radius 1 is 0.833 bits per heavy atom. The number of hydrogen-bond acceptors (Lipinski definition) is 5. The largest absolute Gasteiger partial charge is 0.489 e. The number of carbonyl (C=O) groups excluding carboxylic acids is 2. The average Bonchev–Trinajstić information content (AvgIpc) is 3.29. The Balaban J connectivity index is 1.41. The van der Waals surface area contributed by atoms with E-state index in [0.717, 1.165) is 27.5 Å². The fraction of sp³-hybridized carbons (Fsp3) is 0.0667. The van der Waals surface area contributed by atoms with Gasteiger partial charge in [0.05, 0.1) is 18.2 Å². The predicted molar refractivity (Wildman–Crippen MR) is 140 cm³/mol. The number of furan rings is 1. The molecule has 1 heterocycles. The van der Waals surface area contributed by atoms with Crippen LogP contribution < -0.4 is 10.1 Å². The molecular weight excluding hydrogens is 454 g/mol. The molecule has 0 saturated heterocycles. The van der Waals surface area contributed by atoms with E-state index >= 15 is 0 Å². The number of hydrogen-bond donors (Lipinski definition) is 1. The van der Waals surface area contributed by atoms with Gasteiger partial charge in [0.15, 0.2) is 0 Å². The van der Waals surface area contributed by atoms with Gasteiger partial charge in [-0.15, -0.1) is 0 Å². The lowest BCUT2D eigenvalue weighted by Gasteiger charge is -2.12. The third-order valence-corrected chi connectivity index (χ3v) is 5.74. The van der Waals surface area contributed by atoms with Crippen molar-refractivity contribution in [1.29, 1.82) is 0 Å². The number of esters is 1. The predicted octanol–water partition coefficient (Wildman–Crippen LogP) is 6.47. The second-order valence-corrected chi connectivity index (χ2v) is 8.15. The van der Waals surface area contributed by atoms with E-state index in [1.54, 1.807) is 30.3 Å². The van der Waals surface area contributed by atoms with Gasteiger partial charge in [0, 0.05) is 16.5 Å². The number of carbonyl (C=O) groups is 2. The van der Waals surface area contributed by atoms with Gasteiger partial charge in [0.1, 0.15) is 23.5 Å². The molecule has 178 valence electrons. The van der Waals surface area contributed by atoms with E-state index in [-0.39, 0.29) is 12.5 Å². The van der Waals surface area contributed by atoms with E-state index in [4.69, 9.17) is 13.9 Å². The van der Waals surface area contributed by atoms with Crippen molar-refractivity contribution >= 4 is 45.6 Å². The zero-order chi connectivity index (χ0) is 24.9. The average molecular weight is 478 g/mol. The van der Waals surface area contributed by atoms with Gasteiger partial charge < -0.3 is 19.2 Å². The van der Waals surface area contributed by atoms with Crippen LogP contribution in [-0.4, -0.2) is 25.6 Å². The summed E-state index contributed by atoms with van der Waals surface area (Å²) < 4.78 is 16.7.